The van der Waals surface area contributed by atoms with Gasteiger partial charge in [0.15, 0.2) is 0 Å². The minimum absolute atomic E-state index is 0.0315. The van der Waals surface area contributed by atoms with Crippen LogP contribution in [0.2, 0.25) is 0 Å². The Labute approximate surface area is 226 Å². The summed E-state index contributed by atoms with van der Waals surface area (Å²) >= 11 is 0. The molecule has 1 N–H and O–H groups in total. The van der Waals surface area contributed by atoms with Crippen molar-refractivity contribution in [3.63, 3.8) is 0 Å². The van der Waals surface area contributed by atoms with E-state index in [0.717, 1.165) is 12.7 Å². The highest BCUT2D eigenvalue weighted by molar-refractivity contribution is 5.97. The standard InChI is InChI=1S/C26H22F4N6O2.CH4O/c1-34-14-17(24(33-34)38-26(29)30)18-16-9-5-10-35(13-15-7-3-2-4-8-15)23(16)31-20(18)19-21(22(27)28)32-36-11-6-12-37-25(19)36;1-2/h2-5,7-10,14,22,26H,6,11-13H2,1H3;2H,1H3. The molecule has 3 aliphatic rings. The van der Waals surface area contributed by atoms with Gasteiger partial charge in [0.2, 0.25) is 11.8 Å². The Balaban J connectivity index is 0.00000158. The van der Waals surface area contributed by atoms with E-state index < -0.39 is 18.7 Å². The molecule has 1 aromatic carbocycles. The van der Waals surface area contributed by atoms with E-state index in [-0.39, 0.29) is 28.6 Å². The molecule has 0 spiro atoms. The predicted molar refractivity (Wildman–Crippen MR) is 138 cm³/mol. The van der Waals surface area contributed by atoms with Gasteiger partial charge in [-0.15, -0.1) is 5.10 Å². The fraction of sp³-hybridized carbons (Fsp3) is 0.296. The van der Waals surface area contributed by atoms with Crippen LogP contribution >= 0.6 is 0 Å². The number of rotatable bonds is 7. The number of aromatic nitrogens is 6. The Morgan fingerprint density at radius 2 is 1.77 bits per heavy atom. The molecule has 0 unspecified atom stereocenters. The molecule has 0 saturated heterocycles. The smallest absolute Gasteiger partial charge is 0.388 e. The molecule has 40 heavy (non-hydrogen) atoms. The van der Waals surface area contributed by atoms with Crippen LogP contribution in [0.3, 0.4) is 0 Å². The van der Waals surface area contributed by atoms with Gasteiger partial charge in [0.25, 0.3) is 6.43 Å². The van der Waals surface area contributed by atoms with Gasteiger partial charge in [0.05, 0.1) is 23.4 Å². The first kappa shape index (κ1) is 27.2. The Morgan fingerprint density at radius 1 is 1.00 bits per heavy atom. The summed E-state index contributed by atoms with van der Waals surface area (Å²) in [5.41, 5.74) is 1.76. The zero-order valence-corrected chi connectivity index (χ0v) is 21.6. The van der Waals surface area contributed by atoms with Crippen LogP contribution in [0.5, 0.6) is 11.8 Å². The topological polar surface area (TPSA) is 92.2 Å². The van der Waals surface area contributed by atoms with E-state index in [0.29, 0.717) is 43.1 Å². The maximum absolute atomic E-state index is 14.3. The lowest BCUT2D eigenvalue weighted by Gasteiger charge is -2.16. The average Bonchev–Trinajstić information content (AvgIpc) is 3.62. The van der Waals surface area contributed by atoms with Gasteiger partial charge in [-0.2, -0.15) is 13.9 Å². The van der Waals surface area contributed by atoms with Gasteiger partial charge in [-0.1, -0.05) is 30.3 Å². The number of hydrogen-bond acceptors (Lipinski definition) is 6. The minimum atomic E-state index is -3.13. The van der Waals surface area contributed by atoms with E-state index in [4.69, 9.17) is 19.6 Å². The van der Waals surface area contributed by atoms with Crippen molar-refractivity contribution in [2.24, 2.45) is 7.05 Å². The molecule has 3 aliphatic heterocycles. The fourth-order valence-corrected chi connectivity index (χ4v) is 4.84. The third-order valence-corrected chi connectivity index (χ3v) is 6.36. The summed E-state index contributed by atoms with van der Waals surface area (Å²) in [5, 5.41) is 15.2. The first-order valence-corrected chi connectivity index (χ1v) is 12.4. The zero-order chi connectivity index (χ0) is 28.4. The molecule has 0 radical (unpaired) electrons. The molecule has 0 amide bonds. The Kier molecular flexibility index (Phi) is 7.74. The molecule has 0 fully saturated rings. The molecule has 13 heteroatoms. The number of hydrogen-bond donors (Lipinski definition) is 1. The molecule has 9 nitrogen and oxygen atoms in total. The van der Waals surface area contributed by atoms with Gasteiger partial charge in [-0.3, -0.25) is 4.68 Å². The lowest BCUT2D eigenvalue weighted by molar-refractivity contribution is -0.0527. The normalized spacial score (nSPS) is 12.8. The number of aliphatic hydroxyl groups is 1. The van der Waals surface area contributed by atoms with Gasteiger partial charge in [-0.05, 0) is 17.7 Å². The van der Waals surface area contributed by atoms with Crippen LogP contribution in [0.15, 0.2) is 54.9 Å². The summed E-state index contributed by atoms with van der Waals surface area (Å²) in [4.78, 5) is 4.82. The SMILES string of the molecule is CO.Cn1cc(-c2c3cccn(Cc4ccccc4)c-3nc2-c2c(C(F)F)nn3c2OCCC3)c(OC(F)F)n1. The third-order valence-electron chi connectivity index (χ3n) is 6.36. The van der Waals surface area contributed by atoms with Crippen LogP contribution in [-0.2, 0) is 20.1 Å². The van der Waals surface area contributed by atoms with Crippen LogP contribution in [0.1, 0.15) is 24.1 Å². The average molecular weight is 559 g/mol. The summed E-state index contributed by atoms with van der Waals surface area (Å²) in [6.45, 7) is -1.94. The van der Waals surface area contributed by atoms with Crippen LogP contribution in [-0.4, -0.2) is 54.5 Å². The van der Waals surface area contributed by atoms with Crippen molar-refractivity contribution in [1.29, 1.82) is 0 Å². The number of aliphatic hydroxyl groups excluding tert-OH is 1. The quantitative estimate of drug-likeness (QED) is 0.275. The Hall–Kier alpha value is -4.39. The van der Waals surface area contributed by atoms with Crippen molar-refractivity contribution in [2.75, 3.05) is 13.7 Å². The van der Waals surface area contributed by atoms with E-state index in [2.05, 4.69) is 10.2 Å². The number of ether oxygens (including phenoxy) is 2. The number of benzene rings is 1. The summed E-state index contributed by atoms with van der Waals surface area (Å²) in [6.07, 6.45) is 1.03. The molecule has 2 aromatic heterocycles. The molecular weight excluding hydrogens is 532 g/mol. The summed E-state index contributed by atoms with van der Waals surface area (Å²) in [5.74, 6) is 0.312. The number of pyridine rings is 1. The third kappa shape index (κ3) is 4.99. The van der Waals surface area contributed by atoms with E-state index >= 15 is 0 Å². The maximum Gasteiger partial charge on any atom is 0.388 e. The molecule has 3 aromatic rings. The van der Waals surface area contributed by atoms with Crippen molar-refractivity contribution in [3.05, 3.63) is 66.1 Å². The van der Waals surface area contributed by atoms with Gasteiger partial charge >= 0.3 is 6.61 Å². The Morgan fingerprint density at radius 3 is 2.50 bits per heavy atom. The second kappa shape index (κ2) is 11.4. The van der Waals surface area contributed by atoms with E-state index in [1.807, 2.05) is 41.1 Å². The number of aryl methyl sites for hydroxylation is 2. The van der Waals surface area contributed by atoms with Crippen LogP contribution in [0.25, 0.3) is 33.8 Å². The highest BCUT2D eigenvalue weighted by atomic mass is 19.3. The number of nitrogens with zero attached hydrogens (tertiary/aromatic N) is 6. The molecule has 6 rings (SSSR count). The second-order valence-corrected chi connectivity index (χ2v) is 8.89. The van der Waals surface area contributed by atoms with Crippen molar-refractivity contribution >= 4 is 0 Å². The predicted octanol–water partition coefficient (Wildman–Crippen LogP) is 5.23. The largest absolute Gasteiger partial charge is 0.477 e. The summed E-state index contributed by atoms with van der Waals surface area (Å²) < 4.78 is 70.4. The molecular formula is C27H26F4N6O3. The molecule has 5 heterocycles. The van der Waals surface area contributed by atoms with Crippen molar-refractivity contribution < 1.29 is 32.1 Å². The molecule has 0 atom stereocenters. The van der Waals surface area contributed by atoms with Crippen LogP contribution in [0, 0.1) is 0 Å². The Bertz CT molecular complexity index is 1560. The first-order chi connectivity index (χ1) is 19.4. The summed E-state index contributed by atoms with van der Waals surface area (Å²) in [7, 11) is 2.56. The highest BCUT2D eigenvalue weighted by Gasteiger charge is 2.35. The first-order valence-electron chi connectivity index (χ1n) is 12.4. The van der Waals surface area contributed by atoms with Crippen LogP contribution < -0.4 is 9.47 Å². The van der Waals surface area contributed by atoms with E-state index in [9.17, 15) is 17.6 Å². The number of fused-ring (bicyclic) bond motifs is 2. The molecule has 210 valence electrons. The fourth-order valence-electron chi connectivity index (χ4n) is 4.84. The molecule has 0 saturated carbocycles. The highest BCUT2D eigenvalue weighted by Crippen LogP contribution is 2.49. The van der Waals surface area contributed by atoms with Crippen molar-refractivity contribution in [2.45, 2.75) is 32.5 Å². The van der Waals surface area contributed by atoms with E-state index in [1.165, 1.54) is 15.6 Å². The van der Waals surface area contributed by atoms with Gasteiger partial charge in [-0.25, -0.2) is 18.4 Å². The lowest BCUT2D eigenvalue weighted by atomic mass is 9.98. The molecule has 0 bridgehead atoms. The summed E-state index contributed by atoms with van der Waals surface area (Å²) in [6, 6.07) is 13.2. The second-order valence-electron chi connectivity index (χ2n) is 8.89. The monoisotopic (exact) mass is 558 g/mol. The van der Waals surface area contributed by atoms with Gasteiger partial charge < -0.3 is 19.1 Å². The van der Waals surface area contributed by atoms with Crippen LogP contribution in [0.4, 0.5) is 17.6 Å². The molecule has 0 aliphatic carbocycles. The maximum atomic E-state index is 14.3. The van der Waals surface area contributed by atoms with Crippen molar-refractivity contribution in [3.8, 4) is 45.5 Å². The number of halogens is 4. The zero-order valence-electron chi connectivity index (χ0n) is 21.6. The number of alkyl halides is 4. The lowest BCUT2D eigenvalue weighted by Crippen LogP contribution is -2.15. The van der Waals surface area contributed by atoms with E-state index in [1.54, 1.807) is 19.2 Å². The van der Waals surface area contributed by atoms with Gasteiger partial charge in [0, 0.05) is 57.2 Å². The minimum Gasteiger partial charge on any atom is -0.477 e. The van der Waals surface area contributed by atoms with Gasteiger partial charge in [0.1, 0.15) is 11.5 Å². The van der Waals surface area contributed by atoms with Crippen molar-refractivity contribution in [1.82, 2.24) is 29.1 Å².